The number of halogens is 3. The van der Waals surface area contributed by atoms with Crippen molar-refractivity contribution in [3.63, 3.8) is 0 Å². The van der Waals surface area contributed by atoms with Gasteiger partial charge in [0.2, 0.25) is 0 Å². The van der Waals surface area contributed by atoms with Crippen molar-refractivity contribution in [1.29, 1.82) is 0 Å². The molecule has 0 aliphatic rings. The number of alkyl halides is 3. The number of amides is 1. The first-order chi connectivity index (χ1) is 11.6. The van der Waals surface area contributed by atoms with Crippen molar-refractivity contribution in [2.24, 2.45) is 0 Å². The molecule has 9 heteroatoms. The highest BCUT2D eigenvalue weighted by Gasteiger charge is 2.30. The van der Waals surface area contributed by atoms with Gasteiger partial charge in [-0.3, -0.25) is 9.59 Å². The van der Waals surface area contributed by atoms with Crippen LogP contribution in [0.15, 0.2) is 29.6 Å². The van der Waals surface area contributed by atoms with Crippen LogP contribution < -0.4 is 5.32 Å². The number of thiazole rings is 1. The molecule has 0 saturated heterocycles. The molecule has 1 amide bonds. The second kappa shape index (κ2) is 7.64. The lowest BCUT2D eigenvalue weighted by molar-refractivity contribution is -0.152. The monoisotopic (exact) mass is 372 g/mol. The Kier molecular flexibility index (Phi) is 5.78. The van der Waals surface area contributed by atoms with Gasteiger partial charge in [0.1, 0.15) is 0 Å². The molecule has 1 atom stereocenters. The minimum atomic E-state index is -4.45. The summed E-state index contributed by atoms with van der Waals surface area (Å²) in [5.74, 6) is -1.25. The topological polar surface area (TPSA) is 68.3 Å². The molecule has 1 aromatic carbocycles. The van der Waals surface area contributed by atoms with Crippen molar-refractivity contribution in [2.45, 2.75) is 32.5 Å². The Bertz CT molecular complexity index is 757. The van der Waals surface area contributed by atoms with Gasteiger partial charge >= 0.3 is 12.1 Å². The molecular formula is C16H15F3N2O3S. The van der Waals surface area contributed by atoms with Crippen LogP contribution in [0.3, 0.4) is 0 Å². The number of aryl methyl sites for hydroxylation is 1. The van der Waals surface area contributed by atoms with Crippen LogP contribution in [0.25, 0.3) is 0 Å². The fourth-order valence-corrected chi connectivity index (χ4v) is 2.53. The normalized spacial score (nSPS) is 12.5. The van der Waals surface area contributed by atoms with Crippen LogP contribution >= 0.6 is 11.3 Å². The minimum Gasteiger partial charge on any atom is -0.452 e. The van der Waals surface area contributed by atoms with Gasteiger partial charge in [-0.2, -0.15) is 13.2 Å². The van der Waals surface area contributed by atoms with Crippen LogP contribution in [0.4, 0.5) is 18.9 Å². The Hall–Kier alpha value is -2.42. The first-order valence-electron chi connectivity index (χ1n) is 7.24. The van der Waals surface area contributed by atoms with Gasteiger partial charge in [-0.15, -0.1) is 11.3 Å². The summed E-state index contributed by atoms with van der Waals surface area (Å²) >= 11 is 1.40. The van der Waals surface area contributed by atoms with Crippen LogP contribution in [0, 0.1) is 6.92 Å². The summed E-state index contributed by atoms with van der Waals surface area (Å²) in [5.41, 5.74) is -0.0811. The predicted molar refractivity (Wildman–Crippen MR) is 86.2 cm³/mol. The highest BCUT2D eigenvalue weighted by Crippen LogP contribution is 2.29. The lowest BCUT2D eigenvalue weighted by Crippen LogP contribution is -2.30. The quantitative estimate of drug-likeness (QED) is 0.815. The predicted octanol–water partition coefficient (Wildman–Crippen LogP) is 3.58. The van der Waals surface area contributed by atoms with Crippen molar-refractivity contribution < 1.29 is 27.5 Å². The van der Waals surface area contributed by atoms with E-state index in [-0.39, 0.29) is 12.1 Å². The molecule has 134 valence electrons. The van der Waals surface area contributed by atoms with Crippen LogP contribution in [0.5, 0.6) is 0 Å². The third-order valence-electron chi connectivity index (χ3n) is 3.15. The number of nitrogens with zero attached hydrogens (tertiary/aromatic N) is 1. The summed E-state index contributed by atoms with van der Waals surface area (Å²) in [4.78, 5) is 27.9. The molecule has 0 bridgehead atoms. The van der Waals surface area contributed by atoms with Gasteiger partial charge in [-0.1, -0.05) is 0 Å². The second-order valence-electron chi connectivity index (χ2n) is 5.23. The van der Waals surface area contributed by atoms with Gasteiger partial charge in [0, 0.05) is 11.1 Å². The van der Waals surface area contributed by atoms with Crippen molar-refractivity contribution in [3.05, 3.63) is 45.9 Å². The fraction of sp³-hybridized carbons (Fsp3) is 0.312. The van der Waals surface area contributed by atoms with Crippen molar-refractivity contribution in [3.8, 4) is 0 Å². The highest BCUT2D eigenvalue weighted by atomic mass is 32.1. The van der Waals surface area contributed by atoms with Gasteiger partial charge in [-0.05, 0) is 38.1 Å². The standard InChI is InChI=1S/C16H15F3N2O3S/c1-9(24-14(22)7-13-8-25-10(2)20-13)15(23)21-12-5-3-11(4-6-12)16(17,18)19/h3-6,8-9H,7H2,1-2H3,(H,21,23)/t9-/m0/s1. The van der Waals surface area contributed by atoms with Crippen LogP contribution in [-0.2, 0) is 26.9 Å². The van der Waals surface area contributed by atoms with E-state index in [1.165, 1.54) is 18.3 Å². The van der Waals surface area contributed by atoms with Crippen molar-refractivity contribution in [2.75, 3.05) is 5.32 Å². The first kappa shape index (κ1) is 18.9. The molecule has 0 fully saturated rings. The minimum absolute atomic E-state index is 0.0533. The third kappa shape index (κ3) is 5.56. The van der Waals surface area contributed by atoms with Gasteiger partial charge in [0.25, 0.3) is 5.91 Å². The van der Waals surface area contributed by atoms with Gasteiger partial charge in [0.05, 0.1) is 22.7 Å². The zero-order valence-corrected chi connectivity index (χ0v) is 14.2. The number of anilines is 1. The molecule has 2 rings (SSSR count). The van der Waals surface area contributed by atoms with E-state index >= 15 is 0 Å². The largest absolute Gasteiger partial charge is 0.452 e. The number of esters is 1. The van der Waals surface area contributed by atoms with Gasteiger partial charge in [-0.25, -0.2) is 4.98 Å². The summed E-state index contributed by atoms with van der Waals surface area (Å²) in [5, 5.41) is 4.94. The number of carbonyl (C=O) groups excluding carboxylic acids is 2. The van der Waals surface area contributed by atoms with Gasteiger partial charge < -0.3 is 10.1 Å². The number of carbonyl (C=O) groups is 2. The number of hydrogen-bond acceptors (Lipinski definition) is 5. The van der Waals surface area contributed by atoms with Crippen molar-refractivity contribution >= 4 is 28.9 Å². The van der Waals surface area contributed by atoms with Gasteiger partial charge in [0.15, 0.2) is 6.10 Å². The Labute approximate surface area is 145 Å². The van der Waals surface area contributed by atoms with E-state index < -0.39 is 29.7 Å². The molecule has 1 heterocycles. The molecule has 25 heavy (non-hydrogen) atoms. The van der Waals surface area contributed by atoms with E-state index in [1.807, 2.05) is 0 Å². The van der Waals surface area contributed by atoms with E-state index in [4.69, 9.17) is 4.74 Å². The Morgan fingerprint density at radius 1 is 1.28 bits per heavy atom. The summed E-state index contributed by atoms with van der Waals surface area (Å²) in [6.45, 7) is 3.18. The Morgan fingerprint density at radius 2 is 1.92 bits per heavy atom. The molecule has 1 aromatic heterocycles. The Morgan fingerprint density at radius 3 is 2.44 bits per heavy atom. The van der Waals surface area contributed by atoms with E-state index in [9.17, 15) is 22.8 Å². The molecule has 0 aliphatic carbocycles. The number of aromatic nitrogens is 1. The number of ether oxygens (including phenoxy) is 1. The molecule has 0 saturated carbocycles. The number of nitrogens with one attached hydrogen (secondary N) is 1. The lowest BCUT2D eigenvalue weighted by Gasteiger charge is -2.14. The molecule has 0 aliphatic heterocycles. The van der Waals surface area contributed by atoms with Crippen LogP contribution in [-0.4, -0.2) is 23.0 Å². The zero-order valence-electron chi connectivity index (χ0n) is 13.4. The molecular weight excluding hydrogens is 357 g/mol. The second-order valence-corrected chi connectivity index (χ2v) is 6.29. The van der Waals surface area contributed by atoms with Crippen LogP contribution in [0.2, 0.25) is 0 Å². The average molecular weight is 372 g/mol. The maximum absolute atomic E-state index is 12.5. The van der Waals surface area contributed by atoms with E-state index in [1.54, 1.807) is 12.3 Å². The zero-order chi connectivity index (χ0) is 18.6. The molecule has 5 nitrogen and oxygen atoms in total. The van der Waals surface area contributed by atoms with E-state index in [0.29, 0.717) is 5.69 Å². The smallest absolute Gasteiger partial charge is 0.416 e. The summed E-state index contributed by atoms with van der Waals surface area (Å²) < 4.78 is 42.5. The molecule has 0 radical (unpaired) electrons. The van der Waals surface area contributed by atoms with E-state index in [0.717, 1.165) is 29.3 Å². The van der Waals surface area contributed by atoms with E-state index in [2.05, 4.69) is 10.3 Å². The summed E-state index contributed by atoms with van der Waals surface area (Å²) in [6.07, 6.45) is -5.59. The summed E-state index contributed by atoms with van der Waals surface area (Å²) in [6, 6.07) is 3.98. The fourth-order valence-electron chi connectivity index (χ4n) is 1.92. The highest BCUT2D eigenvalue weighted by molar-refractivity contribution is 7.09. The number of rotatable bonds is 5. The number of hydrogen-bond donors (Lipinski definition) is 1. The Balaban J connectivity index is 1.88. The average Bonchev–Trinajstić information content (AvgIpc) is 2.91. The first-order valence-corrected chi connectivity index (χ1v) is 8.11. The third-order valence-corrected chi connectivity index (χ3v) is 3.97. The molecule has 1 N–H and O–H groups in total. The summed E-state index contributed by atoms with van der Waals surface area (Å²) in [7, 11) is 0. The molecule has 0 spiro atoms. The lowest BCUT2D eigenvalue weighted by atomic mass is 10.2. The maximum atomic E-state index is 12.5. The molecule has 0 unspecified atom stereocenters. The SMILES string of the molecule is Cc1nc(CC(=O)O[C@@H](C)C(=O)Nc2ccc(C(F)(F)F)cc2)cs1. The van der Waals surface area contributed by atoms with Crippen LogP contribution in [0.1, 0.15) is 23.2 Å². The number of benzene rings is 1. The maximum Gasteiger partial charge on any atom is 0.416 e. The van der Waals surface area contributed by atoms with Crippen molar-refractivity contribution in [1.82, 2.24) is 4.98 Å². The molecule has 2 aromatic rings.